The lowest BCUT2D eigenvalue weighted by Gasteiger charge is -2.71. The predicted octanol–water partition coefficient (Wildman–Crippen LogP) is -0.172. The van der Waals surface area contributed by atoms with Gasteiger partial charge in [0.05, 0.1) is 30.5 Å². The highest BCUT2D eigenvalue weighted by Gasteiger charge is 2.87. The standard InChI is InChI=1S/C26H43NO9/c1-7-27-11-23(12-31-2)14(28)8-15(32-3)26-13-9-25(30)16(33-4)10-24(29,17(13)22(35-6)36-25)18(21(26)27)19(34-5)20(23)26/h13-22,28-30H,7-12H2,1-6H3/t13-,14?,15+,16+,17-,18+,19+,20-,21-,22-,23-,24-,25-,26+/m1/s1. The first-order chi connectivity index (χ1) is 17.2. The molecule has 4 saturated carbocycles. The van der Waals surface area contributed by atoms with Gasteiger partial charge in [-0.3, -0.25) is 4.90 Å². The van der Waals surface area contributed by atoms with Crippen molar-refractivity contribution < 1.29 is 43.7 Å². The fourth-order valence-corrected chi connectivity index (χ4v) is 10.7. The number of aliphatic hydroxyl groups is 3. The summed E-state index contributed by atoms with van der Waals surface area (Å²) in [5.74, 6) is -2.74. The molecule has 7 rings (SSSR count). The van der Waals surface area contributed by atoms with Gasteiger partial charge in [0, 0.05) is 96.0 Å². The largest absolute Gasteiger partial charge is 0.392 e. The van der Waals surface area contributed by atoms with Crippen molar-refractivity contribution in [3.63, 3.8) is 0 Å². The normalized spacial score (nSPS) is 59.2. The van der Waals surface area contributed by atoms with Crippen LogP contribution < -0.4 is 0 Å². The molecule has 10 nitrogen and oxygen atoms in total. The van der Waals surface area contributed by atoms with E-state index < -0.39 is 46.6 Å². The van der Waals surface area contributed by atoms with Crippen LogP contribution in [0.2, 0.25) is 0 Å². The lowest BCUT2D eigenvalue weighted by atomic mass is 9.41. The molecule has 0 amide bonds. The van der Waals surface area contributed by atoms with Gasteiger partial charge in [-0.1, -0.05) is 6.92 Å². The Morgan fingerprint density at radius 1 is 0.944 bits per heavy atom. The smallest absolute Gasteiger partial charge is 0.195 e. The SMILES string of the molecule is CCN1C[C@@]2(COC)C(O)C[C@H](OC)[C@@]34[C@@H]5C[C@@]6(O)O[C@@H](OC)[C@@H]5[C@](O)(C[C@@H]6OC)[C@@H]([C@H](OC)[C@H]23)[C@@H]14. The molecule has 9 bridgehead atoms. The molecule has 0 aromatic heterocycles. The first-order valence-electron chi connectivity index (χ1n) is 13.3. The third-order valence-corrected chi connectivity index (χ3v) is 11.5. The van der Waals surface area contributed by atoms with E-state index in [0.29, 0.717) is 19.6 Å². The minimum Gasteiger partial charge on any atom is -0.392 e. The van der Waals surface area contributed by atoms with Crippen LogP contribution in [0.25, 0.3) is 0 Å². The summed E-state index contributed by atoms with van der Waals surface area (Å²) in [5, 5.41) is 36.6. The van der Waals surface area contributed by atoms with Gasteiger partial charge in [0.2, 0.25) is 0 Å². The van der Waals surface area contributed by atoms with Gasteiger partial charge >= 0.3 is 0 Å². The zero-order chi connectivity index (χ0) is 25.8. The van der Waals surface area contributed by atoms with Crippen LogP contribution in [0.5, 0.6) is 0 Å². The minimum absolute atomic E-state index is 0.0680. The van der Waals surface area contributed by atoms with E-state index in [2.05, 4.69) is 11.8 Å². The number of likely N-dealkylation sites (tertiary alicyclic amines) is 1. The molecule has 3 N–H and O–H groups in total. The summed E-state index contributed by atoms with van der Waals surface area (Å²) in [5.41, 5.74) is -2.43. The van der Waals surface area contributed by atoms with E-state index in [9.17, 15) is 15.3 Å². The van der Waals surface area contributed by atoms with Crippen molar-refractivity contribution in [2.45, 2.75) is 74.3 Å². The number of hydrogen-bond donors (Lipinski definition) is 3. The van der Waals surface area contributed by atoms with E-state index in [-0.39, 0.29) is 48.8 Å². The Hall–Kier alpha value is -0.400. The second-order valence-electron chi connectivity index (χ2n) is 12.2. The maximum Gasteiger partial charge on any atom is 0.195 e. The van der Waals surface area contributed by atoms with E-state index >= 15 is 0 Å². The summed E-state index contributed by atoms with van der Waals surface area (Å²) in [7, 11) is 8.22. The number of nitrogens with zero attached hydrogens (tertiary/aromatic N) is 1. The fraction of sp³-hybridized carbons (Fsp3) is 1.00. The molecular formula is C26H43NO9. The summed E-state index contributed by atoms with van der Waals surface area (Å²) in [6, 6.07) is -0.0680. The van der Waals surface area contributed by atoms with Crippen LogP contribution >= 0.6 is 0 Å². The predicted molar refractivity (Wildman–Crippen MR) is 126 cm³/mol. The molecule has 3 heterocycles. The molecule has 3 saturated heterocycles. The monoisotopic (exact) mass is 513 g/mol. The zero-order valence-electron chi connectivity index (χ0n) is 22.3. The van der Waals surface area contributed by atoms with Crippen molar-refractivity contribution in [2.24, 2.45) is 34.5 Å². The maximum atomic E-state index is 12.9. The summed E-state index contributed by atoms with van der Waals surface area (Å²) < 4.78 is 36.3. The third kappa shape index (κ3) is 2.67. The average molecular weight is 514 g/mol. The maximum absolute atomic E-state index is 12.9. The third-order valence-electron chi connectivity index (χ3n) is 11.5. The number of rotatable bonds is 7. The number of fused-ring (bicyclic) bond motifs is 2. The van der Waals surface area contributed by atoms with Crippen LogP contribution in [0.4, 0.5) is 0 Å². The van der Waals surface area contributed by atoms with E-state index in [1.807, 2.05) is 0 Å². The van der Waals surface area contributed by atoms with Gasteiger partial charge in [-0.15, -0.1) is 0 Å². The van der Waals surface area contributed by atoms with E-state index in [1.54, 1.807) is 35.5 Å². The van der Waals surface area contributed by atoms with Crippen LogP contribution in [-0.2, 0) is 28.4 Å². The van der Waals surface area contributed by atoms with E-state index in [4.69, 9.17) is 28.4 Å². The highest BCUT2D eigenvalue weighted by molar-refractivity contribution is 5.35. The number of piperidine rings is 1. The molecule has 0 aromatic rings. The molecule has 4 aliphatic carbocycles. The number of hydrogen-bond acceptors (Lipinski definition) is 10. The van der Waals surface area contributed by atoms with Gasteiger partial charge in [0.25, 0.3) is 0 Å². The van der Waals surface area contributed by atoms with Crippen molar-refractivity contribution in [1.82, 2.24) is 4.90 Å². The highest BCUT2D eigenvalue weighted by atomic mass is 16.7. The number of methoxy groups -OCH3 is 5. The zero-order valence-corrected chi connectivity index (χ0v) is 22.3. The van der Waals surface area contributed by atoms with Crippen molar-refractivity contribution >= 4 is 0 Å². The molecule has 3 aliphatic heterocycles. The summed E-state index contributed by atoms with van der Waals surface area (Å²) in [6.07, 6.45) is -1.91. The van der Waals surface area contributed by atoms with Gasteiger partial charge in [-0.2, -0.15) is 0 Å². The first kappa shape index (κ1) is 25.9. The molecule has 0 radical (unpaired) electrons. The van der Waals surface area contributed by atoms with Gasteiger partial charge in [0.15, 0.2) is 12.1 Å². The first-order valence-corrected chi connectivity index (χ1v) is 13.3. The molecule has 0 aromatic carbocycles. The molecular weight excluding hydrogens is 470 g/mol. The van der Waals surface area contributed by atoms with Crippen molar-refractivity contribution in [1.29, 1.82) is 0 Å². The molecule has 7 aliphatic rings. The number of aliphatic hydroxyl groups excluding tert-OH is 1. The van der Waals surface area contributed by atoms with Crippen molar-refractivity contribution in [2.75, 3.05) is 55.2 Å². The Kier molecular flexibility index (Phi) is 5.96. The van der Waals surface area contributed by atoms with E-state index in [1.165, 1.54) is 0 Å². The topological polar surface area (TPSA) is 119 Å². The van der Waals surface area contributed by atoms with Gasteiger partial charge in [0.1, 0.15) is 6.10 Å². The fourth-order valence-electron chi connectivity index (χ4n) is 10.7. The lowest BCUT2D eigenvalue weighted by Crippen LogP contribution is -2.79. The van der Waals surface area contributed by atoms with Crippen LogP contribution in [0.1, 0.15) is 26.2 Å². The Balaban J connectivity index is 1.68. The Morgan fingerprint density at radius 3 is 2.25 bits per heavy atom. The summed E-state index contributed by atoms with van der Waals surface area (Å²) >= 11 is 0. The van der Waals surface area contributed by atoms with Gasteiger partial charge < -0.3 is 43.7 Å². The molecule has 1 unspecified atom stereocenters. The van der Waals surface area contributed by atoms with Crippen molar-refractivity contribution in [3.8, 4) is 0 Å². The van der Waals surface area contributed by atoms with Gasteiger partial charge in [-0.05, 0) is 12.5 Å². The highest BCUT2D eigenvalue weighted by Crippen LogP contribution is 2.78. The Bertz CT molecular complexity index is 878. The molecule has 7 fully saturated rings. The lowest BCUT2D eigenvalue weighted by molar-refractivity contribution is -0.389. The second kappa shape index (κ2) is 8.30. The van der Waals surface area contributed by atoms with Crippen LogP contribution in [0.3, 0.4) is 0 Å². The minimum atomic E-state index is -1.62. The molecule has 206 valence electrons. The Morgan fingerprint density at radius 2 is 1.67 bits per heavy atom. The molecule has 10 heteroatoms. The quantitative estimate of drug-likeness (QED) is 0.423. The second-order valence-corrected chi connectivity index (χ2v) is 12.2. The summed E-state index contributed by atoms with van der Waals surface area (Å²) in [6.45, 7) is 3.90. The number of ether oxygens (including phenoxy) is 6. The van der Waals surface area contributed by atoms with Crippen LogP contribution in [-0.4, -0.2) is 124 Å². The van der Waals surface area contributed by atoms with Crippen LogP contribution in [0.15, 0.2) is 0 Å². The van der Waals surface area contributed by atoms with Crippen LogP contribution in [0, 0.1) is 34.5 Å². The van der Waals surface area contributed by atoms with E-state index in [0.717, 1.165) is 6.54 Å². The molecule has 14 atom stereocenters. The van der Waals surface area contributed by atoms with Crippen molar-refractivity contribution in [3.05, 3.63) is 0 Å². The Labute approximate surface area is 213 Å². The van der Waals surface area contributed by atoms with Gasteiger partial charge in [-0.25, -0.2) is 0 Å². The summed E-state index contributed by atoms with van der Waals surface area (Å²) in [4.78, 5) is 2.41. The molecule has 1 spiro atoms. The molecule has 36 heavy (non-hydrogen) atoms. The average Bonchev–Trinajstić information content (AvgIpc) is 2.95.